The van der Waals surface area contributed by atoms with Crippen molar-refractivity contribution in [3.8, 4) is 0 Å². The maximum atomic E-state index is 5.92. The zero-order valence-corrected chi connectivity index (χ0v) is 13.7. The van der Waals surface area contributed by atoms with E-state index in [9.17, 15) is 0 Å². The van der Waals surface area contributed by atoms with Crippen LogP contribution in [0.3, 0.4) is 0 Å². The molecular weight excluding hydrogens is 349 g/mol. The Hall–Kier alpha value is -0.490. The molecule has 1 aromatic carbocycles. The van der Waals surface area contributed by atoms with Gasteiger partial charge in [0, 0.05) is 33.2 Å². The van der Waals surface area contributed by atoms with Gasteiger partial charge < -0.3 is 9.80 Å². The van der Waals surface area contributed by atoms with Crippen LogP contribution in [-0.4, -0.2) is 44.0 Å². The largest absolute Gasteiger partial charge is 0.349 e. The van der Waals surface area contributed by atoms with Crippen LogP contribution in [0.1, 0.15) is 5.56 Å². The van der Waals surface area contributed by atoms with E-state index in [-0.39, 0.29) is 24.0 Å². The highest BCUT2D eigenvalue weighted by Gasteiger charge is 2.03. The fourth-order valence-corrected chi connectivity index (χ4v) is 1.69. The van der Waals surface area contributed by atoms with Gasteiger partial charge in [0.05, 0.1) is 6.54 Å². The minimum Gasteiger partial charge on any atom is -0.349 e. The first-order valence-electron chi connectivity index (χ1n) is 5.14. The number of guanidine groups is 1. The molecule has 17 heavy (non-hydrogen) atoms. The van der Waals surface area contributed by atoms with Crippen molar-refractivity contribution in [1.82, 2.24) is 9.80 Å². The van der Waals surface area contributed by atoms with Gasteiger partial charge in [0.1, 0.15) is 0 Å². The van der Waals surface area contributed by atoms with E-state index in [0.29, 0.717) is 6.54 Å². The van der Waals surface area contributed by atoms with E-state index in [4.69, 9.17) is 11.6 Å². The lowest BCUT2D eigenvalue weighted by atomic mass is 10.2. The van der Waals surface area contributed by atoms with E-state index in [1.165, 1.54) is 0 Å². The van der Waals surface area contributed by atoms with Crippen molar-refractivity contribution >= 4 is 41.5 Å². The fourth-order valence-electron chi connectivity index (χ4n) is 1.48. The van der Waals surface area contributed by atoms with Crippen LogP contribution in [0.15, 0.2) is 29.3 Å². The molecule has 0 bridgehead atoms. The third kappa shape index (κ3) is 5.59. The highest BCUT2D eigenvalue weighted by Crippen LogP contribution is 2.11. The molecule has 0 heterocycles. The molecule has 1 aromatic rings. The predicted octanol–water partition coefficient (Wildman–Crippen LogP) is 2.94. The summed E-state index contributed by atoms with van der Waals surface area (Å²) in [4.78, 5) is 8.53. The van der Waals surface area contributed by atoms with Gasteiger partial charge >= 0.3 is 0 Å². The lowest BCUT2D eigenvalue weighted by molar-refractivity contribution is 0.479. The smallest absolute Gasteiger partial charge is 0.195 e. The molecule has 0 fully saturated rings. The molecule has 0 amide bonds. The summed E-state index contributed by atoms with van der Waals surface area (Å²) in [5.74, 6) is 0.944. The second-order valence-electron chi connectivity index (χ2n) is 4.04. The maximum absolute atomic E-state index is 5.92. The average molecular weight is 368 g/mol. The number of halogens is 2. The maximum Gasteiger partial charge on any atom is 0.195 e. The molecular formula is C12H19ClIN3. The summed E-state index contributed by atoms with van der Waals surface area (Å²) in [5, 5.41) is 0.754. The summed E-state index contributed by atoms with van der Waals surface area (Å²) >= 11 is 5.92. The number of benzene rings is 1. The second kappa shape index (κ2) is 7.76. The molecule has 0 aliphatic rings. The Morgan fingerprint density at radius 1 is 1.18 bits per heavy atom. The molecule has 0 saturated carbocycles. The zero-order chi connectivity index (χ0) is 12.1. The molecule has 0 spiro atoms. The molecule has 0 saturated heterocycles. The molecule has 5 heteroatoms. The third-order valence-electron chi connectivity index (χ3n) is 2.09. The molecule has 0 aliphatic heterocycles. The number of rotatable bonds is 2. The van der Waals surface area contributed by atoms with Crippen LogP contribution in [-0.2, 0) is 6.54 Å². The monoisotopic (exact) mass is 367 g/mol. The van der Waals surface area contributed by atoms with Gasteiger partial charge in [-0.05, 0) is 17.7 Å². The standard InChI is InChI=1S/C12H18ClN3.HI/c1-15(2)12(16(3)4)14-9-10-6-5-7-11(13)8-10;/h5-8H,9H2,1-4H3;1H. The quantitative estimate of drug-likeness (QED) is 0.455. The van der Waals surface area contributed by atoms with Crippen LogP contribution in [0.25, 0.3) is 0 Å². The van der Waals surface area contributed by atoms with Crippen molar-refractivity contribution in [1.29, 1.82) is 0 Å². The minimum absolute atomic E-state index is 0. The van der Waals surface area contributed by atoms with Gasteiger partial charge in [-0.25, -0.2) is 4.99 Å². The van der Waals surface area contributed by atoms with Crippen LogP contribution >= 0.6 is 35.6 Å². The molecule has 0 N–H and O–H groups in total. The van der Waals surface area contributed by atoms with Gasteiger partial charge in [-0.1, -0.05) is 23.7 Å². The van der Waals surface area contributed by atoms with E-state index in [1.807, 2.05) is 62.3 Å². The lowest BCUT2D eigenvalue weighted by Crippen LogP contribution is -2.35. The number of hydrogen-bond donors (Lipinski definition) is 0. The molecule has 0 radical (unpaired) electrons. The van der Waals surface area contributed by atoms with Crippen molar-refractivity contribution in [2.75, 3.05) is 28.2 Å². The highest BCUT2D eigenvalue weighted by atomic mass is 127. The molecule has 0 atom stereocenters. The Bertz CT molecular complexity index is 368. The number of hydrogen-bond acceptors (Lipinski definition) is 1. The van der Waals surface area contributed by atoms with E-state index in [0.717, 1.165) is 16.5 Å². The van der Waals surface area contributed by atoms with Crippen LogP contribution in [0.2, 0.25) is 5.02 Å². The first-order chi connectivity index (χ1) is 7.50. The van der Waals surface area contributed by atoms with Gasteiger partial charge in [-0.3, -0.25) is 0 Å². The van der Waals surface area contributed by atoms with E-state index in [1.54, 1.807) is 0 Å². The van der Waals surface area contributed by atoms with Gasteiger partial charge in [0.2, 0.25) is 0 Å². The van der Waals surface area contributed by atoms with Crippen LogP contribution < -0.4 is 0 Å². The lowest BCUT2D eigenvalue weighted by Gasteiger charge is -2.22. The summed E-state index contributed by atoms with van der Waals surface area (Å²) in [5.41, 5.74) is 1.12. The van der Waals surface area contributed by atoms with Crippen molar-refractivity contribution < 1.29 is 0 Å². The molecule has 0 unspecified atom stereocenters. The Labute approximate surface area is 125 Å². The summed E-state index contributed by atoms with van der Waals surface area (Å²) in [7, 11) is 7.93. The Balaban J connectivity index is 0.00000256. The molecule has 1 rings (SSSR count). The first-order valence-corrected chi connectivity index (χ1v) is 5.52. The number of aliphatic imine (C=N–C) groups is 1. The van der Waals surface area contributed by atoms with Crippen LogP contribution in [0.4, 0.5) is 0 Å². The first kappa shape index (κ1) is 16.5. The Kier molecular flexibility index (Phi) is 7.54. The Morgan fingerprint density at radius 3 is 2.24 bits per heavy atom. The van der Waals surface area contributed by atoms with Crippen molar-refractivity contribution in [2.45, 2.75) is 6.54 Å². The van der Waals surface area contributed by atoms with E-state index in [2.05, 4.69) is 4.99 Å². The zero-order valence-electron chi connectivity index (χ0n) is 10.6. The summed E-state index contributed by atoms with van der Waals surface area (Å²) in [6.07, 6.45) is 0. The van der Waals surface area contributed by atoms with Crippen molar-refractivity contribution in [3.63, 3.8) is 0 Å². The molecule has 0 aromatic heterocycles. The second-order valence-corrected chi connectivity index (χ2v) is 4.47. The van der Waals surface area contributed by atoms with Crippen LogP contribution in [0, 0.1) is 0 Å². The van der Waals surface area contributed by atoms with Gasteiger partial charge in [0.25, 0.3) is 0 Å². The summed E-state index contributed by atoms with van der Waals surface area (Å²) < 4.78 is 0. The van der Waals surface area contributed by atoms with E-state index >= 15 is 0 Å². The summed E-state index contributed by atoms with van der Waals surface area (Å²) in [6.45, 7) is 0.645. The summed E-state index contributed by atoms with van der Waals surface area (Å²) in [6, 6.07) is 7.78. The van der Waals surface area contributed by atoms with Crippen molar-refractivity contribution in [2.24, 2.45) is 4.99 Å². The normalized spacial score (nSPS) is 9.24. The molecule has 0 aliphatic carbocycles. The topological polar surface area (TPSA) is 18.8 Å². The SMILES string of the molecule is CN(C)C(=NCc1cccc(Cl)c1)N(C)C.I. The molecule has 3 nitrogen and oxygen atoms in total. The van der Waals surface area contributed by atoms with Gasteiger partial charge in [-0.2, -0.15) is 0 Å². The minimum atomic E-state index is 0. The van der Waals surface area contributed by atoms with Crippen LogP contribution in [0.5, 0.6) is 0 Å². The fraction of sp³-hybridized carbons (Fsp3) is 0.417. The van der Waals surface area contributed by atoms with Gasteiger partial charge in [-0.15, -0.1) is 24.0 Å². The Morgan fingerprint density at radius 2 is 1.76 bits per heavy atom. The van der Waals surface area contributed by atoms with Crippen molar-refractivity contribution in [3.05, 3.63) is 34.9 Å². The predicted molar refractivity (Wildman–Crippen MR) is 85.4 cm³/mol. The highest BCUT2D eigenvalue weighted by molar-refractivity contribution is 14.0. The average Bonchev–Trinajstić information content (AvgIpc) is 2.16. The third-order valence-corrected chi connectivity index (χ3v) is 2.33. The van der Waals surface area contributed by atoms with E-state index < -0.39 is 0 Å². The molecule has 96 valence electrons. The number of nitrogens with zero attached hydrogens (tertiary/aromatic N) is 3. The van der Waals surface area contributed by atoms with Gasteiger partial charge in [0.15, 0.2) is 5.96 Å².